The van der Waals surface area contributed by atoms with Gasteiger partial charge in [0, 0.05) is 37.1 Å². The van der Waals surface area contributed by atoms with E-state index in [1.54, 1.807) is 6.07 Å². The second-order valence-electron chi connectivity index (χ2n) is 5.15. The number of nitrogens with zero attached hydrogens (tertiary/aromatic N) is 2. The summed E-state index contributed by atoms with van der Waals surface area (Å²) in [6, 6.07) is 4.34. The van der Waals surface area contributed by atoms with Crippen molar-refractivity contribution in [3.8, 4) is 0 Å². The van der Waals surface area contributed by atoms with Crippen molar-refractivity contribution in [1.82, 2.24) is 9.80 Å². The molecule has 1 aromatic carbocycles. The highest BCUT2D eigenvalue weighted by Crippen LogP contribution is 2.18. The molecule has 19 heavy (non-hydrogen) atoms. The zero-order chi connectivity index (χ0) is 14.0. The first-order valence-electron chi connectivity index (χ1n) is 6.34. The van der Waals surface area contributed by atoms with E-state index >= 15 is 0 Å². The molecule has 0 saturated carbocycles. The summed E-state index contributed by atoms with van der Waals surface area (Å²) in [4.78, 5) is 16.5. The maximum absolute atomic E-state index is 13.7. The number of carbonyl (C=O) groups excluding carboxylic acids is 1. The molecule has 0 aliphatic carbocycles. The SMILES string of the molecule is CN1CCN(C)C(CC(=O)c2ccc(Cl)cc2F)C1. The summed E-state index contributed by atoms with van der Waals surface area (Å²) in [5, 5.41) is 0.309. The summed E-state index contributed by atoms with van der Waals surface area (Å²) in [5.41, 5.74) is 0.131. The molecule has 1 aromatic rings. The van der Waals surface area contributed by atoms with E-state index in [-0.39, 0.29) is 17.4 Å². The molecule has 1 aliphatic rings. The first-order chi connectivity index (χ1) is 8.97. The van der Waals surface area contributed by atoms with E-state index < -0.39 is 5.82 Å². The van der Waals surface area contributed by atoms with E-state index in [9.17, 15) is 9.18 Å². The van der Waals surface area contributed by atoms with E-state index in [0.717, 1.165) is 19.6 Å². The van der Waals surface area contributed by atoms with E-state index in [1.807, 2.05) is 14.1 Å². The summed E-state index contributed by atoms with van der Waals surface area (Å²) in [7, 11) is 4.04. The third kappa shape index (κ3) is 3.53. The Morgan fingerprint density at radius 2 is 2.16 bits per heavy atom. The third-order valence-corrected chi connectivity index (χ3v) is 3.87. The number of halogens is 2. The van der Waals surface area contributed by atoms with Crippen LogP contribution in [0.4, 0.5) is 4.39 Å². The van der Waals surface area contributed by atoms with Crippen LogP contribution in [-0.2, 0) is 0 Å². The lowest BCUT2D eigenvalue weighted by Crippen LogP contribution is -2.50. The van der Waals surface area contributed by atoms with Gasteiger partial charge in [0.05, 0.1) is 5.56 Å². The molecule has 5 heteroatoms. The normalized spacial score (nSPS) is 21.6. The van der Waals surface area contributed by atoms with E-state index in [4.69, 9.17) is 11.6 Å². The van der Waals surface area contributed by atoms with Gasteiger partial charge >= 0.3 is 0 Å². The number of likely N-dealkylation sites (N-methyl/N-ethyl adjacent to an activating group) is 2. The second-order valence-corrected chi connectivity index (χ2v) is 5.58. The molecule has 0 bridgehead atoms. The van der Waals surface area contributed by atoms with Gasteiger partial charge in [-0.25, -0.2) is 4.39 Å². The minimum Gasteiger partial charge on any atom is -0.304 e. The molecular weight excluding hydrogens is 267 g/mol. The highest BCUT2D eigenvalue weighted by molar-refractivity contribution is 6.30. The number of Topliss-reactive ketones (excluding diaryl/α,β-unsaturated/α-hetero) is 1. The predicted molar refractivity (Wildman–Crippen MR) is 74.3 cm³/mol. The first kappa shape index (κ1) is 14.4. The molecule has 104 valence electrons. The van der Waals surface area contributed by atoms with Gasteiger partial charge in [0.1, 0.15) is 5.82 Å². The molecule has 1 saturated heterocycles. The maximum atomic E-state index is 13.7. The highest BCUT2D eigenvalue weighted by atomic mass is 35.5. The first-order valence-corrected chi connectivity index (χ1v) is 6.72. The molecule has 1 fully saturated rings. The molecule has 0 spiro atoms. The van der Waals surface area contributed by atoms with Crippen molar-refractivity contribution >= 4 is 17.4 Å². The molecular formula is C14H18ClFN2O. The van der Waals surface area contributed by atoms with Crippen molar-refractivity contribution in [1.29, 1.82) is 0 Å². The second kappa shape index (κ2) is 5.99. The van der Waals surface area contributed by atoms with Crippen LogP contribution in [0.1, 0.15) is 16.8 Å². The van der Waals surface area contributed by atoms with E-state index in [1.165, 1.54) is 12.1 Å². The van der Waals surface area contributed by atoms with Gasteiger partial charge < -0.3 is 9.80 Å². The van der Waals surface area contributed by atoms with Crippen LogP contribution >= 0.6 is 11.6 Å². The topological polar surface area (TPSA) is 23.6 Å². The average molecular weight is 285 g/mol. The lowest BCUT2D eigenvalue weighted by atomic mass is 10.0. The quantitative estimate of drug-likeness (QED) is 0.796. The highest BCUT2D eigenvalue weighted by Gasteiger charge is 2.25. The number of rotatable bonds is 3. The molecule has 1 unspecified atom stereocenters. The monoisotopic (exact) mass is 284 g/mol. The molecule has 0 aromatic heterocycles. The van der Waals surface area contributed by atoms with Crippen LogP contribution in [0.15, 0.2) is 18.2 Å². The largest absolute Gasteiger partial charge is 0.304 e. The number of piperazine rings is 1. The van der Waals surface area contributed by atoms with Crippen molar-refractivity contribution in [3.63, 3.8) is 0 Å². The van der Waals surface area contributed by atoms with Gasteiger partial charge in [-0.3, -0.25) is 4.79 Å². The standard InChI is InChI=1S/C14H18ClFN2O/c1-17-5-6-18(2)11(9-17)8-14(19)12-4-3-10(15)7-13(12)16/h3-4,7,11H,5-6,8-9H2,1-2H3. The van der Waals surface area contributed by atoms with Gasteiger partial charge in [-0.15, -0.1) is 0 Å². The van der Waals surface area contributed by atoms with Crippen LogP contribution in [0.3, 0.4) is 0 Å². The molecule has 1 heterocycles. The lowest BCUT2D eigenvalue weighted by Gasteiger charge is -2.37. The van der Waals surface area contributed by atoms with Crippen molar-refractivity contribution in [2.45, 2.75) is 12.5 Å². The van der Waals surface area contributed by atoms with Crippen LogP contribution in [-0.4, -0.2) is 55.4 Å². The Morgan fingerprint density at radius 3 is 2.84 bits per heavy atom. The average Bonchev–Trinajstić information content (AvgIpc) is 2.33. The number of benzene rings is 1. The zero-order valence-corrected chi connectivity index (χ0v) is 12.0. The van der Waals surface area contributed by atoms with Gasteiger partial charge in [-0.1, -0.05) is 11.6 Å². The Kier molecular flexibility index (Phi) is 4.55. The predicted octanol–water partition coefficient (Wildman–Crippen LogP) is 2.30. The van der Waals surface area contributed by atoms with E-state index in [0.29, 0.717) is 11.4 Å². The molecule has 0 N–H and O–H groups in total. The summed E-state index contributed by atoms with van der Waals surface area (Å²) < 4.78 is 13.7. The van der Waals surface area contributed by atoms with Crippen LogP contribution in [0, 0.1) is 5.82 Å². The number of hydrogen-bond acceptors (Lipinski definition) is 3. The summed E-state index contributed by atoms with van der Waals surface area (Å²) in [6.45, 7) is 2.76. The summed E-state index contributed by atoms with van der Waals surface area (Å²) in [6.07, 6.45) is 0.333. The maximum Gasteiger partial charge on any atom is 0.167 e. The van der Waals surface area contributed by atoms with E-state index in [2.05, 4.69) is 9.80 Å². The Bertz CT molecular complexity index is 481. The van der Waals surface area contributed by atoms with Crippen molar-refractivity contribution in [2.24, 2.45) is 0 Å². The fraction of sp³-hybridized carbons (Fsp3) is 0.500. The summed E-state index contributed by atoms with van der Waals surface area (Å²) >= 11 is 5.69. The molecule has 0 radical (unpaired) electrons. The van der Waals surface area contributed by atoms with Crippen LogP contribution in [0.25, 0.3) is 0 Å². The molecule has 2 rings (SSSR count). The fourth-order valence-electron chi connectivity index (χ4n) is 2.36. The summed E-state index contributed by atoms with van der Waals surface area (Å²) in [5.74, 6) is -0.703. The van der Waals surface area contributed by atoms with Crippen molar-refractivity contribution in [2.75, 3.05) is 33.7 Å². The minimum absolute atomic E-state index is 0.131. The number of hydrogen-bond donors (Lipinski definition) is 0. The van der Waals surface area contributed by atoms with Gasteiger partial charge in [-0.05, 0) is 32.3 Å². The minimum atomic E-state index is -0.538. The number of ketones is 1. The zero-order valence-electron chi connectivity index (χ0n) is 11.2. The third-order valence-electron chi connectivity index (χ3n) is 3.63. The lowest BCUT2D eigenvalue weighted by molar-refractivity contribution is 0.0807. The Balaban J connectivity index is 2.07. The van der Waals surface area contributed by atoms with Gasteiger partial charge in [-0.2, -0.15) is 0 Å². The molecule has 1 aliphatic heterocycles. The van der Waals surface area contributed by atoms with Gasteiger partial charge in [0.15, 0.2) is 5.78 Å². The van der Waals surface area contributed by atoms with Crippen LogP contribution in [0.2, 0.25) is 5.02 Å². The smallest absolute Gasteiger partial charge is 0.167 e. The Morgan fingerprint density at radius 1 is 1.42 bits per heavy atom. The van der Waals surface area contributed by atoms with Crippen LogP contribution < -0.4 is 0 Å². The molecule has 1 atom stereocenters. The van der Waals surface area contributed by atoms with Gasteiger partial charge in [0.2, 0.25) is 0 Å². The fourth-order valence-corrected chi connectivity index (χ4v) is 2.52. The molecule has 0 amide bonds. The van der Waals surface area contributed by atoms with Crippen molar-refractivity contribution < 1.29 is 9.18 Å². The Labute approximate surface area is 117 Å². The van der Waals surface area contributed by atoms with Crippen LogP contribution in [0.5, 0.6) is 0 Å². The number of carbonyl (C=O) groups is 1. The Hall–Kier alpha value is -0.970. The molecule has 3 nitrogen and oxygen atoms in total. The van der Waals surface area contributed by atoms with Gasteiger partial charge in [0.25, 0.3) is 0 Å². The van der Waals surface area contributed by atoms with Crippen molar-refractivity contribution in [3.05, 3.63) is 34.6 Å².